The Morgan fingerprint density at radius 1 is 1.14 bits per heavy atom. The largest absolute Gasteiger partial charge is 0.411 e. The molecule has 0 atom stereocenters. The molecule has 8 heteroatoms. The van der Waals surface area contributed by atoms with Crippen LogP contribution in [0.3, 0.4) is 0 Å². The van der Waals surface area contributed by atoms with E-state index in [1.165, 1.54) is 23.1 Å². The highest BCUT2D eigenvalue weighted by atomic mass is 32.2. The van der Waals surface area contributed by atoms with Crippen molar-refractivity contribution in [2.75, 3.05) is 4.90 Å². The van der Waals surface area contributed by atoms with Crippen LogP contribution in [0.1, 0.15) is 18.2 Å². The number of nitrogens with zero attached hydrogens (tertiary/aromatic N) is 4. The van der Waals surface area contributed by atoms with E-state index in [2.05, 4.69) is 15.2 Å². The molecule has 4 aromatic rings. The van der Waals surface area contributed by atoms with Crippen molar-refractivity contribution in [2.24, 2.45) is 0 Å². The summed E-state index contributed by atoms with van der Waals surface area (Å²) in [7, 11) is 0. The SMILES string of the molecule is CC(=O)N(c1cccc(C)c1)c1nc(CSc2nnc(-c3ccccc3)o2)cs1. The summed E-state index contributed by atoms with van der Waals surface area (Å²) in [6, 6.07) is 17.5. The Balaban J connectivity index is 1.46. The highest BCUT2D eigenvalue weighted by Crippen LogP contribution is 2.32. The predicted octanol–water partition coefficient (Wildman–Crippen LogP) is 5.48. The maximum atomic E-state index is 12.2. The van der Waals surface area contributed by atoms with Crippen LogP contribution in [0.15, 0.2) is 69.6 Å². The van der Waals surface area contributed by atoms with Gasteiger partial charge in [0, 0.05) is 23.6 Å². The molecule has 29 heavy (non-hydrogen) atoms. The summed E-state index contributed by atoms with van der Waals surface area (Å²) < 4.78 is 5.72. The van der Waals surface area contributed by atoms with Crippen LogP contribution in [0.5, 0.6) is 0 Å². The van der Waals surface area contributed by atoms with Crippen LogP contribution in [0.25, 0.3) is 11.5 Å². The third-order valence-electron chi connectivity index (χ3n) is 4.08. The fraction of sp³-hybridized carbons (Fsp3) is 0.143. The highest BCUT2D eigenvalue weighted by Gasteiger charge is 2.18. The van der Waals surface area contributed by atoms with Gasteiger partial charge in [-0.15, -0.1) is 21.5 Å². The van der Waals surface area contributed by atoms with Crippen LogP contribution in [-0.4, -0.2) is 21.1 Å². The Morgan fingerprint density at radius 2 is 1.97 bits per heavy atom. The first-order valence-corrected chi connectivity index (χ1v) is 10.8. The van der Waals surface area contributed by atoms with Crippen molar-refractivity contribution >= 4 is 39.8 Å². The number of aryl methyl sites for hydroxylation is 1. The van der Waals surface area contributed by atoms with Crippen molar-refractivity contribution in [3.63, 3.8) is 0 Å². The number of hydrogen-bond donors (Lipinski definition) is 0. The van der Waals surface area contributed by atoms with Gasteiger partial charge in [0.1, 0.15) is 0 Å². The third-order valence-corrected chi connectivity index (χ3v) is 5.80. The molecule has 146 valence electrons. The van der Waals surface area contributed by atoms with Crippen molar-refractivity contribution in [1.82, 2.24) is 15.2 Å². The number of thioether (sulfide) groups is 1. The Kier molecular flexibility index (Phi) is 5.73. The molecule has 0 N–H and O–H groups in total. The number of hydrogen-bond acceptors (Lipinski definition) is 7. The molecule has 0 spiro atoms. The minimum Gasteiger partial charge on any atom is -0.411 e. The molecule has 2 aromatic carbocycles. The van der Waals surface area contributed by atoms with E-state index in [-0.39, 0.29) is 5.91 Å². The van der Waals surface area contributed by atoms with Crippen LogP contribution in [0, 0.1) is 6.92 Å². The highest BCUT2D eigenvalue weighted by molar-refractivity contribution is 7.98. The van der Waals surface area contributed by atoms with Crippen molar-refractivity contribution < 1.29 is 9.21 Å². The zero-order chi connectivity index (χ0) is 20.2. The molecule has 0 aliphatic carbocycles. The zero-order valence-corrected chi connectivity index (χ0v) is 17.5. The van der Waals surface area contributed by atoms with Crippen LogP contribution < -0.4 is 4.90 Å². The van der Waals surface area contributed by atoms with Gasteiger partial charge in [0.25, 0.3) is 5.22 Å². The predicted molar refractivity (Wildman–Crippen MR) is 115 cm³/mol. The van der Waals surface area contributed by atoms with E-state index in [4.69, 9.17) is 4.42 Å². The molecule has 0 aliphatic heterocycles. The lowest BCUT2D eigenvalue weighted by Crippen LogP contribution is -2.22. The van der Waals surface area contributed by atoms with E-state index < -0.39 is 0 Å². The Morgan fingerprint density at radius 3 is 2.72 bits per heavy atom. The number of thiazole rings is 1. The second-order valence-corrected chi connectivity index (χ2v) is 8.11. The zero-order valence-electron chi connectivity index (χ0n) is 15.9. The first kappa shape index (κ1) is 19.4. The quantitative estimate of drug-likeness (QED) is 0.383. The smallest absolute Gasteiger partial charge is 0.277 e. The van der Waals surface area contributed by atoms with Crippen LogP contribution in [-0.2, 0) is 10.5 Å². The van der Waals surface area contributed by atoms with E-state index in [0.717, 1.165) is 22.5 Å². The lowest BCUT2D eigenvalue weighted by Gasteiger charge is -2.18. The third kappa shape index (κ3) is 4.55. The maximum Gasteiger partial charge on any atom is 0.277 e. The summed E-state index contributed by atoms with van der Waals surface area (Å²) in [5.41, 5.74) is 3.65. The topological polar surface area (TPSA) is 72.1 Å². The van der Waals surface area contributed by atoms with Crippen molar-refractivity contribution in [1.29, 1.82) is 0 Å². The van der Waals surface area contributed by atoms with E-state index in [9.17, 15) is 4.79 Å². The molecular weight excluding hydrogens is 404 g/mol. The van der Waals surface area contributed by atoms with Gasteiger partial charge in [-0.1, -0.05) is 42.1 Å². The Bertz CT molecular complexity index is 1120. The average molecular weight is 423 g/mol. The van der Waals surface area contributed by atoms with E-state index in [1.54, 1.807) is 11.8 Å². The van der Waals surface area contributed by atoms with Gasteiger partial charge in [-0.05, 0) is 36.8 Å². The number of carbonyl (C=O) groups is 1. The number of carbonyl (C=O) groups excluding carboxylic acids is 1. The number of rotatable bonds is 6. The summed E-state index contributed by atoms with van der Waals surface area (Å²) in [5, 5.41) is 11.3. The first-order valence-electron chi connectivity index (χ1n) is 8.93. The lowest BCUT2D eigenvalue weighted by atomic mass is 10.2. The van der Waals surface area contributed by atoms with Crippen molar-refractivity contribution in [3.05, 3.63) is 71.2 Å². The molecule has 1 amide bonds. The summed E-state index contributed by atoms with van der Waals surface area (Å²) in [6.07, 6.45) is 0. The summed E-state index contributed by atoms with van der Waals surface area (Å²) in [4.78, 5) is 18.5. The molecule has 0 unspecified atom stereocenters. The molecular formula is C21H18N4O2S2. The second kappa shape index (κ2) is 8.59. The van der Waals surface area contributed by atoms with Crippen molar-refractivity contribution in [3.8, 4) is 11.5 Å². The number of benzene rings is 2. The van der Waals surface area contributed by atoms with Gasteiger partial charge >= 0.3 is 0 Å². The number of amides is 1. The second-order valence-electron chi connectivity index (χ2n) is 6.34. The standard InChI is InChI=1S/C21H18N4O2S2/c1-14-7-6-10-18(11-14)25(15(2)26)20-22-17(12-28-20)13-29-21-24-23-19(27-21)16-8-4-3-5-9-16/h3-12H,13H2,1-2H3. The molecule has 0 saturated carbocycles. The van der Waals surface area contributed by atoms with Crippen LogP contribution >= 0.6 is 23.1 Å². The van der Waals surface area contributed by atoms with Gasteiger partial charge < -0.3 is 4.42 Å². The normalized spacial score (nSPS) is 10.8. The van der Waals surface area contributed by atoms with Gasteiger partial charge in [-0.25, -0.2) is 4.98 Å². The molecule has 0 saturated heterocycles. The van der Waals surface area contributed by atoms with Gasteiger partial charge in [-0.3, -0.25) is 9.69 Å². The minimum absolute atomic E-state index is 0.0754. The number of aromatic nitrogens is 3. The number of anilines is 2. The lowest BCUT2D eigenvalue weighted by molar-refractivity contribution is -0.115. The minimum atomic E-state index is -0.0754. The fourth-order valence-corrected chi connectivity index (χ4v) is 4.41. The van der Waals surface area contributed by atoms with E-state index in [1.807, 2.05) is 66.9 Å². The molecule has 0 aliphatic rings. The van der Waals surface area contributed by atoms with E-state index in [0.29, 0.717) is 22.0 Å². The molecule has 4 rings (SSSR count). The fourth-order valence-electron chi connectivity index (χ4n) is 2.76. The van der Waals surface area contributed by atoms with Gasteiger partial charge in [0.15, 0.2) is 5.13 Å². The molecule has 2 aromatic heterocycles. The molecule has 0 bridgehead atoms. The summed E-state index contributed by atoms with van der Waals surface area (Å²) in [6.45, 7) is 3.54. The molecule has 2 heterocycles. The summed E-state index contributed by atoms with van der Waals surface area (Å²) in [5.74, 6) is 0.995. The van der Waals surface area contributed by atoms with E-state index >= 15 is 0 Å². The van der Waals surface area contributed by atoms with Crippen LogP contribution in [0.2, 0.25) is 0 Å². The van der Waals surface area contributed by atoms with Gasteiger partial charge in [-0.2, -0.15) is 0 Å². The van der Waals surface area contributed by atoms with Gasteiger partial charge in [0.2, 0.25) is 11.8 Å². The molecule has 0 radical (unpaired) electrons. The van der Waals surface area contributed by atoms with Crippen LogP contribution in [0.4, 0.5) is 10.8 Å². The summed E-state index contributed by atoms with van der Waals surface area (Å²) >= 11 is 2.86. The Hall–Kier alpha value is -2.97. The van der Waals surface area contributed by atoms with Gasteiger partial charge in [0.05, 0.1) is 11.4 Å². The maximum absolute atomic E-state index is 12.2. The van der Waals surface area contributed by atoms with Crippen molar-refractivity contribution in [2.45, 2.75) is 24.8 Å². The Labute approximate surface area is 176 Å². The monoisotopic (exact) mass is 422 g/mol. The molecule has 0 fully saturated rings. The molecule has 6 nitrogen and oxygen atoms in total. The average Bonchev–Trinajstić information content (AvgIpc) is 3.37. The first-order chi connectivity index (χ1) is 14.1.